The quantitative estimate of drug-likeness (QED) is 0.835. The zero-order valence-corrected chi connectivity index (χ0v) is 11.1. The average molecular weight is 247 g/mol. The molecule has 0 heterocycles. The molecule has 1 aromatic rings. The van der Waals surface area contributed by atoms with E-state index < -0.39 is 0 Å². The Kier molecular flexibility index (Phi) is 4.02. The fraction of sp³-hybridized carbons (Fsp3) is 0.533. The summed E-state index contributed by atoms with van der Waals surface area (Å²) in [5, 5.41) is 0. The van der Waals surface area contributed by atoms with Crippen LogP contribution in [0.5, 0.6) is 5.75 Å². The van der Waals surface area contributed by atoms with E-state index in [-0.39, 0.29) is 17.7 Å². The molecule has 0 radical (unpaired) electrons. The van der Waals surface area contributed by atoms with Crippen LogP contribution in [0, 0.1) is 12.8 Å². The minimum absolute atomic E-state index is 0.151. The third-order valence-corrected chi connectivity index (χ3v) is 3.82. The Morgan fingerprint density at radius 2 is 1.94 bits per heavy atom. The Bertz CT molecular complexity index is 434. The highest BCUT2D eigenvalue weighted by Gasteiger charge is 2.25. The van der Waals surface area contributed by atoms with Gasteiger partial charge in [0, 0.05) is 17.5 Å². The zero-order chi connectivity index (χ0) is 13.1. The van der Waals surface area contributed by atoms with Gasteiger partial charge in [-0.1, -0.05) is 0 Å². The van der Waals surface area contributed by atoms with E-state index in [0.717, 1.165) is 42.6 Å². The van der Waals surface area contributed by atoms with Crippen molar-refractivity contribution < 1.29 is 9.53 Å². The second-order valence-corrected chi connectivity index (χ2v) is 5.16. The van der Waals surface area contributed by atoms with Crippen molar-refractivity contribution in [1.29, 1.82) is 0 Å². The predicted molar refractivity (Wildman–Crippen MR) is 72.0 cm³/mol. The van der Waals surface area contributed by atoms with Crippen LogP contribution in [0.4, 0.5) is 0 Å². The van der Waals surface area contributed by atoms with Crippen molar-refractivity contribution in [1.82, 2.24) is 0 Å². The van der Waals surface area contributed by atoms with Gasteiger partial charge in [0.15, 0.2) is 5.78 Å². The lowest BCUT2D eigenvalue weighted by molar-refractivity contribution is 0.0884. The minimum Gasteiger partial charge on any atom is -0.496 e. The number of aryl methyl sites for hydroxylation is 1. The van der Waals surface area contributed by atoms with E-state index >= 15 is 0 Å². The Morgan fingerprint density at radius 3 is 2.50 bits per heavy atom. The molecule has 1 aliphatic carbocycles. The molecule has 0 aromatic heterocycles. The highest BCUT2D eigenvalue weighted by atomic mass is 16.5. The molecule has 1 aromatic carbocycles. The van der Waals surface area contributed by atoms with Gasteiger partial charge in [-0.15, -0.1) is 0 Å². The Labute approximate surface area is 108 Å². The lowest BCUT2D eigenvalue weighted by Gasteiger charge is -2.25. The molecule has 0 saturated heterocycles. The van der Waals surface area contributed by atoms with Crippen molar-refractivity contribution >= 4 is 5.78 Å². The molecule has 3 nitrogen and oxygen atoms in total. The summed E-state index contributed by atoms with van der Waals surface area (Å²) in [6.07, 6.45) is 3.77. The van der Waals surface area contributed by atoms with Crippen LogP contribution in [0.25, 0.3) is 0 Å². The molecule has 2 rings (SSSR count). The third-order valence-electron chi connectivity index (χ3n) is 3.82. The smallest absolute Gasteiger partial charge is 0.165 e. The normalized spacial score (nSPS) is 23.7. The number of carbonyl (C=O) groups excluding carboxylic acids is 1. The van der Waals surface area contributed by atoms with E-state index in [1.54, 1.807) is 7.11 Å². The number of ether oxygens (including phenoxy) is 1. The van der Waals surface area contributed by atoms with E-state index in [1.165, 1.54) is 0 Å². The van der Waals surface area contributed by atoms with Gasteiger partial charge in [-0.25, -0.2) is 0 Å². The van der Waals surface area contributed by atoms with Crippen LogP contribution < -0.4 is 10.5 Å². The summed E-state index contributed by atoms with van der Waals surface area (Å²) in [6, 6.07) is 5.95. The van der Waals surface area contributed by atoms with Gasteiger partial charge in [-0.2, -0.15) is 0 Å². The molecule has 0 spiro atoms. The van der Waals surface area contributed by atoms with E-state index in [2.05, 4.69) is 0 Å². The molecule has 18 heavy (non-hydrogen) atoms. The number of benzene rings is 1. The molecular formula is C15H21NO2. The van der Waals surface area contributed by atoms with Gasteiger partial charge < -0.3 is 10.5 Å². The molecule has 0 atom stereocenters. The first kappa shape index (κ1) is 13.1. The molecule has 0 aliphatic heterocycles. The molecule has 0 bridgehead atoms. The molecule has 98 valence electrons. The molecule has 2 N–H and O–H groups in total. The molecule has 1 saturated carbocycles. The first-order valence-electron chi connectivity index (χ1n) is 6.56. The lowest BCUT2D eigenvalue weighted by Crippen LogP contribution is -2.29. The van der Waals surface area contributed by atoms with E-state index in [1.807, 2.05) is 25.1 Å². The third kappa shape index (κ3) is 2.72. The second-order valence-electron chi connectivity index (χ2n) is 5.16. The molecule has 1 fully saturated rings. The monoisotopic (exact) mass is 247 g/mol. The first-order valence-corrected chi connectivity index (χ1v) is 6.56. The number of hydrogen-bond donors (Lipinski definition) is 1. The topological polar surface area (TPSA) is 52.3 Å². The van der Waals surface area contributed by atoms with E-state index in [4.69, 9.17) is 10.5 Å². The summed E-state index contributed by atoms with van der Waals surface area (Å²) in [5.41, 5.74) is 7.68. The van der Waals surface area contributed by atoms with Gasteiger partial charge in [0.05, 0.1) is 7.11 Å². The average Bonchev–Trinajstić information content (AvgIpc) is 2.38. The Morgan fingerprint density at radius 1 is 1.28 bits per heavy atom. The van der Waals surface area contributed by atoms with Crippen LogP contribution >= 0.6 is 0 Å². The summed E-state index contributed by atoms with van der Waals surface area (Å²) in [6.45, 7) is 1.96. The second kappa shape index (κ2) is 5.53. The van der Waals surface area contributed by atoms with E-state index in [0.29, 0.717) is 0 Å². The predicted octanol–water partition coefficient (Wildman–Crippen LogP) is 2.70. The number of methoxy groups -OCH3 is 1. The van der Waals surface area contributed by atoms with Gasteiger partial charge in [0.25, 0.3) is 0 Å². The van der Waals surface area contributed by atoms with Crippen LogP contribution in [0.3, 0.4) is 0 Å². The number of hydrogen-bond acceptors (Lipinski definition) is 3. The first-order chi connectivity index (χ1) is 8.61. The van der Waals surface area contributed by atoms with Crippen molar-refractivity contribution in [3.63, 3.8) is 0 Å². The van der Waals surface area contributed by atoms with Crippen molar-refractivity contribution in [2.75, 3.05) is 7.11 Å². The van der Waals surface area contributed by atoms with Gasteiger partial charge in [0.1, 0.15) is 5.75 Å². The fourth-order valence-corrected chi connectivity index (χ4v) is 2.65. The van der Waals surface area contributed by atoms with Crippen LogP contribution in [0.15, 0.2) is 18.2 Å². The number of Topliss-reactive ketones (excluding diaryl/α,β-unsaturated/α-hetero) is 1. The Hall–Kier alpha value is -1.35. The van der Waals surface area contributed by atoms with Gasteiger partial charge in [-0.3, -0.25) is 4.79 Å². The number of nitrogens with two attached hydrogens (primary N) is 1. The minimum atomic E-state index is 0.151. The summed E-state index contributed by atoms with van der Waals surface area (Å²) >= 11 is 0. The molecule has 0 amide bonds. The maximum atomic E-state index is 12.4. The summed E-state index contributed by atoms with van der Waals surface area (Å²) in [4.78, 5) is 12.4. The van der Waals surface area contributed by atoms with Crippen LogP contribution in [0.1, 0.15) is 41.6 Å². The summed E-state index contributed by atoms with van der Waals surface area (Å²) in [7, 11) is 1.65. The summed E-state index contributed by atoms with van der Waals surface area (Å²) < 4.78 is 5.21. The van der Waals surface area contributed by atoms with Gasteiger partial charge >= 0.3 is 0 Å². The Balaban J connectivity index is 2.11. The lowest BCUT2D eigenvalue weighted by atomic mass is 9.81. The standard InChI is InChI=1S/C15H21NO2/c1-10-9-12(5-8-14(10)18-2)15(17)11-3-6-13(16)7-4-11/h5,8-9,11,13H,3-4,6-7,16H2,1-2H3. The highest BCUT2D eigenvalue weighted by molar-refractivity contribution is 5.98. The van der Waals surface area contributed by atoms with Crippen molar-refractivity contribution in [2.24, 2.45) is 11.7 Å². The van der Waals surface area contributed by atoms with Crippen molar-refractivity contribution in [2.45, 2.75) is 38.6 Å². The maximum absolute atomic E-state index is 12.4. The molecule has 1 aliphatic rings. The van der Waals surface area contributed by atoms with Crippen LogP contribution in [0.2, 0.25) is 0 Å². The van der Waals surface area contributed by atoms with Crippen molar-refractivity contribution in [3.05, 3.63) is 29.3 Å². The van der Waals surface area contributed by atoms with Gasteiger partial charge in [-0.05, 0) is 56.4 Å². The summed E-state index contributed by atoms with van der Waals surface area (Å²) in [5.74, 6) is 1.24. The molecular weight excluding hydrogens is 226 g/mol. The fourth-order valence-electron chi connectivity index (χ4n) is 2.65. The molecule has 3 heteroatoms. The van der Waals surface area contributed by atoms with Crippen molar-refractivity contribution in [3.8, 4) is 5.75 Å². The number of rotatable bonds is 3. The maximum Gasteiger partial charge on any atom is 0.165 e. The van der Waals surface area contributed by atoms with E-state index in [9.17, 15) is 4.79 Å². The number of carbonyl (C=O) groups is 1. The van der Waals surface area contributed by atoms with Gasteiger partial charge in [0.2, 0.25) is 0 Å². The van der Waals surface area contributed by atoms with Crippen LogP contribution in [-0.4, -0.2) is 18.9 Å². The zero-order valence-electron chi connectivity index (χ0n) is 11.1. The number of ketones is 1. The largest absolute Gasteiger partial charge is 0.496 e. The van der Waals surface area contributed by atoms with Crippen LogP contribution in [-0.2, 0) is 0 Å². The molecule has 0 unspecified atom stereocenters. The highest BCUT2D eigenvalue weighted by Crippen LogP contribution is 2.28. The SMILES string of the molecule is COc1ccc(C(=O)C2CCC(N)CC2)cc1C.